The second-order valence-corrected chi connectivity index (χ2v) is 9.09. The Hall–Kier alpha value is -3.53. The molecule has 0 amide bonds. The number of hydrogen-bond acceptors (Lipinski definition) is 3. The average Bonchev–Trinajstić information content (AvgIpc) is 3.12. The van der Waals surface area contributed by atoms with Crippen LogP contribution in [0, 0.1) is 5.41 Å². The van der Waals surface area contributed by atoms with Crippen LogP contribution in [-0.4, -0.2) is 20.7 Å². The first kappa shape index (κ1) is 19.4. The highest BCUT2D eigenvalue weighted by atomic mass is 16.1. The molecule has 0 fully saturated rings. The van der Waals surface area contributed by atoms with E-state index in [-0.39, 0.29) is 11.2 Å². The molecule has 4 nitrogen and oxygen atoms in total. The quantitative estimate of drug-likeness (QED) is 0.459. The van der Waals surface area contributed by atoms with Crippen LogP contribution >= 0.6 is 0 Å². The van der Waals surface area contributed by atoms with Crippen LogP contribution in [0.5, 0.6) is 0 Å². The molecule has 3 aromatic heterocycles. The number of nitrogens with one attached hydrogen (secondary N) is 1. The lowest BCUT2D eigenvalue weighted by Gasteiger charge is -2.28. The number of nitrogens with zero attached hydrogens (tertiary/aromatic N) is 2. The summed E-state index contributed by atoms with van der Waals surface area (Å²) in [6, 6.07) is 18.4. The smallest absolute Gasteiger partial charge is 0.165 e. The maximum Gasteiger partial charge on any atom is 0.165 e. The van der Waals surface area contributed by atoms with Crippen molar-refractivity contribution in [1.82, 2.24) is 15.0 Å². The summed E-state index contributed by atoms with van der Waals surface area (Å²) in [6.07, 6.45) is 7.48. The third-order valence-electron chi connectivity index (χ3n) is 6.01. The molecular weight excluding hydrogens is 382 g/mol. The van der Waals surface area contributed by atoms with E-state index in [2.05, 4.69) is 47.0 Å². The molecule has 0 aliphatic heterocycles. The standard InChI is InChI=1S/C27H25N3O/c1-27(2)16-23-25(24(31)17-27)22(26(30-23)19-8-11-28-12-9-19)15-21-14-20(10-13-29-21)18-6-4-3-5-7-18/h3-14,30H,15-17H2,1-2H3. The van der Waals surface area contributed by atoms with Crippen LogP contribution in [0.1, 0.15) is 47.6 Å². The van der Waals surface area contributed by atoms with E-state index in [1.54, 1.807) is 12.4 Å². The number of aromatic nitrogens is 3. The summed E-state index contributed by atoms with van der Waals surface area (Å²) in [6.45, 7) is 4.32. The van der Waals surface area contributed by atoms with Gasteiger partial charge in [-0.05, 0) is 52.8 Å². The predicted octanol–water partition coefficient (Wildman–Crippen LogP) is 5.88. The topological polar surface area (TPSA) is 58.6 Å². The molecule has 1 N–H and O–H groups in total. The van der Waals surface area contributed by atoms with Crippen LogP contribution in [-0.2, 0) is 12.8 Å². The molecule has 0 atom stereocenters. The van der Waals surface area contributed by atoms with Crippen molar-refractivity contribution in [3.8, 4) is 22.4 Å². The lowest BCUT2D eigenvalue weighted by molar-refractivity contribution is 0.0911. The zero-order chi connectivity index (χ0) is 21.4. The fraction of sp³-hybridized carbons (Fsp3) is 0.222. The molecule has 4 aromatic rings. The molecule has 1 aromatic carbocycles. The Morgan fingerprint density at radius 3 is 2.42 bits per heavy atom. The molecule has 1 aliphatic carbocycles. The molecule has 5 rings (SSSR count). The Labute approximate surface area is 182 Å². The van der Waals surface area contributed by atoms with Crippen molar-refractivity contribution in [3.05, 3.63) is 95.7 Å². The van der Waals surface area contributed by atoms with Crippen molar-refractivity contribution in [2.75, 3.05) is 0 Å². The number of Topliss-reactive ketones (excluding diaryl/α,β-unsaturated/α-hetero) is 1. The lowest BCUT2D eigenvalue weighted by atomic mass is 9.75. The summed E-state index contributed by atoms with van der Waals surface area (Å²) >= 11 is 0. The van der Waals surface area contributed by atoms with Crippen LogP contribution in [0.2, 0.25) is 0 Å². The Kier molecular flexibility index (Phi) is 4.78. The van der Waals surface area contributed by atoms with Crippen molar-refractivity contribution in [1.29, 1.82) is 0 Å². The van der Waals surface area contributed by atoms with Gasteiger partial charge in [0.05, 0.1) is 5.69 Å². The third kappa shape index (κ3) is 3.81. The van der Waals surface area contributed by atoms with Gasteiger partial charge in [0, 0.05) is 53.9 Å². The number of H-pyrrole nitrogens is 1. The van der Waals surface area contributed by atoms with Crippen LogP contribution in [0.15, 0.2) is 73.2 Å². The van der Waals surface area contributed by atoms with E-state index in [1.165, 1.54) is 0 Å². The van der Waals surface area contributed by atoms with Crippen LogP contribution < -0.4 is 0 Å². The number of carbonyl (C=O) groups excluding carboxylic acids is 1. The van der Waals surface area contributed by atoms with Crippen molar-refractivity contribution < 1.29 is 4.79 Å². The highest BCUT2D eigenvalue weighted by Crippen LogP contribution is 2.40. The number of pyridine rings is 2. The molecular formula is C27H25N3O. The van der Waals surface area contributed by atoms with Gasteiger partial charge in [-0.2, -0.15) is 0 Å². The van der Waals surface area contributed by atoms with Crippen molar-refractivity contribution in [2.24, 2.45) is 5.41 Å². The first-order chi connectivity index (χ1) is 15.0. The summed E-state index contributed by atoms with van der Waals surface area (Å²) in [4.78, 5) is 25.6. The van der Waals surface area contributed by atoms with E-state index in [9.17, 15) is 4.79 Å². The predicted molar refractivity (Wildman–Crippen MR) is 123 cm³/mol. The van der Waals surface area contributed by atoms with E-state index in [0.717, 1.165) is 51.3 Å². The Balaban J connectivity index is 1.61. The Morgan fingerprint density at radius 2 is 1.65 bits per heavy atom. The van der Waals surface area contributed by atoms with Gasteiger partial charge < -0.3 is 4.98 Å². The highest BCUT2D eigenvalue weighted by molar-refractivity contribution is 6.02. The lowest BCUT2D eigenvalue weighted by Crippen LogP contribution is -2.27. The number of ketones is 1. The average molecular weight is 408 g/mol. The minimum atomic E-state index is -0.0345. The van der Waals surface area contributed by atoms with Crippen molar-refractivity contribution >= 4 is 5.78 Å². The number of fused-ring (bicyclic) bond motifs is 1. The van der Waals surface area contributed by atoms with E-state index in [0.29, 0.717) is 12.8 Å². The number of aromatic amines is 1. The summed E-state index contributed by atoms with van der Waals surface area (Å²) in [5, 5.41) is 0. The summed E-state index contributed by atoms with van der Waals surface area (Å²) < 4.78 is 0. The second-order valence-electron chi connectivity index (χ2n) is 9.09. The van der Waals surface area contributed by atoms with E-state index in [4.69, 9.17) is 0 Å². The van der Waals surface area contributed by atoms with Gasteiger partial charge in [0.25, 0.3) is 0 Å². The number of benzene rings is 1. The zero-order valence-corrected chi connectivity index (χ0v) is 17.9. The van der Waals surface area contributed by atoms with Gasteiger partial charge in [0.1, 0.15) is 0 Å². The minimum absolute atomic E-state index is 0.0345. The minimum Gasteiger partial charge on any atom is -0.358 e. The molecule has 1 aliphatic rings. The molecule has 0 unspecified atom stereocenters. The van der Waals surface area contributed by atoms with E-state index < -0.39 is 0 Å². The molecule has 0 bridgehead atoms. The van der Waals surface area contributed by atoms with Crippen LogP contribution in [0.3, 0.4) is 0 Å². The maximum absolute atomic E-state index is 13.2. The fourth-order valence-corrected chi connectivity index (χ4v) is 4.64. The van der Waals surface area contributed by atoms with Gasteiger partial charge in [-0.25, -0.2) is 0 Å². The van der Waals surface area contributed by atoms with E-state index >= 15 is 0 Å². The van der Waals surface area contributed by atoms with Crippen LogP contribution in [0.25, 0.3) is 22.4 Å². The SMILES string of the molecule is CC1(C)CC(=O)c2c([nH]c(-c3ccncc3)c2Cc2cc(-c3ccccc3)ccn2)C1. The summed E-state index contributed by atoms with van der Waals surface area (Å²) in [5.41, 5.74) is 8.21. The molecule has 4 heteroatoms. The van der Waals surface area contributed by atoms with Crippen molar-refractivity contribution in [3.63, 3.8) is 0 Å². The molecule has 0 radical (unpaired) electrons. The first-order valence-electron chi connectivity index (χ1n) is 10.7. The van der Waals surface area contributed by atoms with Crippen molar-refractivity contribution in [2.45, 2.75) is 33.1 Å². The van der Waals surface area contributed by atoms with Crippen LogP contribution in [0.4, 0.5) is 0 Å². The number of hydrogen-bond donors (Lipinski definition) is 1. The fourth-order valence-electron chi connectivity index (χ4n) is 4.64. The maximum atomic E-state index is 13.2. The monoisotopic (exact) mass is 407 g/mol. The first-order valence-corrected chi connectivity index (χ1v) is 10.7. The zero-order valence-electron chi connectivity index (χ0n) is 17.9. The molecule has 0 saturated heterocycles. The van der Waals surface area contributed by atoms with Gasteiger partial charge in [-0.15, -0.1) is 0 Å². The van der Waals surface area contributed by atoms with Gasteiger partial charge in [0.15, 0.2) is 5.78 Å². The van der Waals surface area contributed by atoms with E-state index in [1.807, 2.05) is 42.6 Å². The Morgan fingerprint density at radius 1 is 0.903 bits per heavy atom. The van der Waals surface area contributed by atoms with Gasteiger partial charge >= 0.3 is 0 Å². The summed E-state index contributed by atoms with van der Waals surface area (Å²) in [7, 11) is 0. The van der Waals surface area contributed by atoms with Gasteiger partial charge in [0.2, 0.25) is 0 Å². The third-order valence-corrected chi connectivity index (χ3v) is 6.01. The van der Waals surface area contributed by atoms with Gasteiger partial charge in [-0.1, -0.05) is 44.2 Å². The Bertz CT molecular complexity index is 1240. The number of rotatable bonds is 4. The number of carbonyl (C=O) groups is 1. The molecule has 154 valence electrons. The largest absolute Gasteiger partial charge is 0.358 e. The molecule has 0 saturated carbocycles. The summed E-state index contributed by atoms with van der Waals surface area (Å²) in [5.74, 6) is 0.219. The molecule has 31 heavy (non-hydrogen) atoms. The second kappa shape index (κ2) is 7.62. The molecule has 3 heterocycles. The normalized spacial score (nSPS) is 15.0. The highest BCUT2D eigenvalue weighted by Gasteiger charge is 2.35. The van der Waals surface area contributed by atoms with Gasteiger partial charge in [-0.3, -0.25) is 14.8 Å². The molecule has 0 spiro atoms.